The van der Waals surface area contributed by atoms with Gasteiger partial charge in [0.25, 0.3) is 0 Å². The van der Waals surface area contributed by atoms with Gasteiger partial charge in [0.1, 0.15) is 0 Å². The first kappa shape index (κ1) is 8.85. The third kappa shape index (κ3) is 2.12. The van der Waals surface area contributed by atoms with E-state index in [1.807, 2.05) is 30.6 Å². The summed E-state index contributed by atoms with van der Waals surface area (Å²) in [5.74, 6) is 0. The second-order valence-corrected chi connectivity index (χ2v) is 2.75. The van der Waals surface area contributed by atoms with E-state index in [0.717, 1.165) is 0 Å². The highest BCUT2D eigenvalue weighted by Crippen LogP contribution is 2.01. The molecule has 0 radical (unpaired) electrons. The molecule has 1 heteroatoms. The fourth-order valence-corrected chi connectivity index (χ4v) is 0.980. The molecular weight excluding hydrogens is 146 g/mol. The average molecular weight is 161 g/mol. The molecule has 0 amide bonds. The number of fused-ring (bicyclic) bond motifs is 1. The molecule has 0 aromatic carbocycles. The van der Waals surface area contributed by atoms with Crippen molar-refractivity contribution in [3.8, 4) is 0 Å². The lowest BCUT2D eigenvalue weighted by atomic mass is 10.4. The van der Waals surface area contributed by atoms with Gasteiger partial charge in [-0.2, -0.15) is 0 Å². The topological polar surface area (TPSA) is 4.41 Å². The van der Waals surface area contributed by atoms with E-state index in [1.54, 1.807) is 0 Å². The van der Waals surface area contributed by atoms with Crippen LogP contribution in [-0.2, 0) is 0 Å². The van der Waals surface area contributed by atoms with Gasteiger partial charge in [0.05, 0.1) is 0 Å². The molecule has 2 aromatic rings. The molecule has 0 aliphatic rings. The molecule has 0 spiro atoms. The maximum Gasteiger partial charge on any atom is 0.0449 e. The second kappa shape index (κ2) is 4.60. The predicted octanol–water partition coefficient (Wildman–Crippen LogP) is 3.36. The van der Waals surface area contributed by atoms with Crippen molar-refractivity contribution >= 4 is 5.52 Å². The van der Waals surface area contributed by atoms with Crippen LogP contribution in [0.1, 0.15) is 20.3 Å². The Morgan fingerprint density at radius 1 is 1.00 bits per heavy atom. The summed E-state index contributed by atoms with van der Waals surface area (Å²) in [5.41, 5.74) is 1.25. The summed E-state index contributed by atoms with van der Waals surface area (Å²) in [6, 6.07) is 10.3. The van der Waals surface area contributed by atoms with Crippen LogP contribution in [-0.4, -0.2) is 4.40 Å². The first-order valence-electron chi connectivity index (χ1n) is 4.40. The standard InChI is InChI=1S/C8H7N.C3H8/c1-2-6-9-7-3-5-8(9)4-1;1-3-2/h1-7H;3H2,1-2H3. The quantitative estimate of drug-likeness (QED) is 0.558. The Labute approximate surface area is 73.7 Å². The van der Waals surface area contributed by atoms with Crippen LogP contribution in [0.4, 0.5) is 0 Å². The van der Waals surface area contributed by atoms with Gasteiger partial charge in [0, 0.05) is 17.9 Å². The highest BCUT2D eigenvalue weighted by atomic mass is 14.8. The van der Waals surface area contributed by atoms with Crippen LogP contribution < -0.4 is 0 Å². The van der Waals surface area contributed by atoms with Gasteiger partial charge in [-0.1, -0.05) is 26.3 Å². The van der Waals surface area contributed by atoms with Gasteiger partial charge < -0.3 is 4.40 Å². The third-order valence-electron chi connectivity index (χ3n) is 1.44. The summed E-state index contributed by atoms with van der Waals surface area (Å²) in [5, 5.41) is 0. The van der Waals surface area contributed by atoms with Gasteiger partial charge in [-0.3, -0.25) is 0 Å². The second-order valence-electron chi connectivity index (χ2n) is 2.75. The Bertz CT molecular complexity index is 292. The summed E-state index contributed by atoms with van der Waals surface area (Å²) < 4.78 is 2.08. The number of hydrogen-bond donors (Lipinski definition) is 0. The average Bonchev–Trinajstić information content (AvgIpc) is 2.52. The Morgan fingerprint density at radius 3 is 2.25 bits per heavy atom. The van der Waals surface area contributed by atoms with Crippen LogP contribution >= 0.6 is 0 Å². The van der Waals surface area contributed by atoms with E-state index in [4.69, 9.17) is 0 Å². The number of pyridine rings is 1. The molecule has 0 unspecified atom stereocenters. The minimum absolute atomic E-state index is 1.25. The Kier molecular flexibility index (Phi) is 3.39. The van der Waals surface area contributed by atoms with Crippen molar-refractivity contribution in [2.24, 2.45) is 0 Å². The third-order valence-corrected chi connectivity index (χ3v) is 1.44. The van der Waals surface area contributed by atoms with Gasteiger partial charge in [0.15, 0.2) is 0 Å². The van der Waals surface area contributed by atoms with Crippen molar-refractivity contribution in [1.82, 2.24) is 4.40 Å². The number of hydrogen-bond acceptors (Lipinski definition) is 0. The van der Waals surface area contributed by atoms with Gasteiger partial charge in [-0.15, -0.1) is 0 Å². The zero-order valence-electron chi connectivity index (χ0n) is 7.70. The van der Waals surface area contributed by atoms with E-state index in [-0.39, 0.29) is 0 Å². The first-order valence-corrected chi connectivity index (χ1v) is 4.40. The van der Waals surface area contributed by atoms with E-state index < -0.39 is 0 Å². The molecular formula is C11H15N. The molecule has 0 atom stereocenters. The molecule has 0 fully saturated rings. The Hall–Kier alpha value is -1.24. The van der Waals surface area contributed by atoms with E-state index in [1.165, 1.54) is 11.9 Å². The van der Waals surface area contributed by atoms with Crippen molar-refractivity contribution in [2.75, 3.05) is 0 Å². The highest BCUT2D eigenvalue weighted by molar-refractivity contribution is 5.46. The molecule has 2 heterocycles. The first-order chi connectivity index (χ1) is 5.88. The summed E-state index contributed by atoms with van der Waals surface area (Å²) >= 11 is 0. The van der Waals surface area contributed by atoms with Crippen LogP contribution in [0.15, 0.2) is 42.7 Å². The minimum atomic E-state index is 1.25. The lowest BCUT2D eigenvalue weighted by Gasteiger charge is -1.88. The fraction of sp³-hybridized carbons (Fsp3) is 0.273. The lowest BCUT2D eigenvalue weighted by molar-refractivity contribution is 1.09. The van der Waals surface area contributed by atoms with Crippen LogP contribution in [0.5, 0.6) is 0 Å². The monoisotopic (exact) mass is 161 g/mol. The SMILES string of the molecule is CCC.c1ccn2cccc2c1. The van der Waals surface area contributed by atoms with Crippen molar-refractivity contribution in [3.05, 3.63) is 42.7 Å². The predicted molar refractivity (Wildman–Crippen MR) is 53.4 cm³/mol. The summed E-state index contributed by atoms with van der Waals surface area (Å²) in [7, 11) is 0. The molecule has 64 valence electrons. The summed E-state index contributed by atoms with van der Waals surface area (Å²) in [6.07, 6.45) is 5.32. The number of rotatable bonds is 0. The van der Waals surface area contributed by atoms with Gasteiger partial charge in [-0.25, -0.2) is 0 Å². The van der Waals surface area contributed by atoms with Crippen LogP contribution in [0.2, 0.25) is 0 Å². The van der Waals surface area contributed by atoms with Crippen LogP contribution in [0.25, 0.3) is 5.52 Å². The molecule has 0 saturated heterocycles. The zero-order chi connectivity index (χ0) is 8.81. The lowest BCUT2D eigenvalue weighted by Crippen LogP contribution is -1.75. The van der Waals surface area contributed by atoms with Gasteiger partial charge >= 0.3 is 0 Å². The number of aromatic nitrogens is 1. The fourth-order valence-electron chi connectivity index (χ4n) is 0.980. The largest absolute Gasteiger partial charge is 0.324 e. The molecule has 0 bridgehead atoms. The van der Waals surface area contributed by atoms with Gasteiger partial charge in [-0.05, 0) is 24.3 Å². The number of nitrogens with zero attached hydrogens (tertiary/aromatic N) is 1. The van der Waals surface area contributed by atoms with Crippen molar-refractivity contribution in [3.63, 3.8) is 0 Å². The van der Waals surface area contributed by atoms with Crippen LogP contribution in [0, 0.1) is 0 Å². The maximum atomic E-state index is 2.12. The van der Waals surface area contributed by atoms with Crippen molar-refractivity contribution < 1.29 is 0 Å². The van der Waals surface area contributed by atoms with Gasteiger partial charge in [0.2, 0.25) is 0 Å². The summed E-state index contributed by atoms with van der Waals surface area (Å²) in [4.78, 5) is 0. The Balaban J connectivity index is 0.000000213. The molecule has 2 rings (SSSR count). The molecule has 1 nitrogen and oxygen atoms in total. The molecule has 0 aliphatic heterocycles. The Morgan fingerprint density at radius 2 is 1.58 bits per heavy atom. The smallest absolute Gasteiger partial charge is 0.0449 e. The normalized spacial score (nSPS) is 9.17. The van der Waals surface area contributed by atoms with E-state index in [2.05, 4.69) is 30.4 Å². The van der Waals surface area contributed by atoms with E-state index >= 15 is 0 Å². The van der Waals surface area contributed by atoms with E-state index in [9.17, 15) is 0 Å². The highest BCUT2D eigenvalue weighted by Gasteiger charge is 1.83. The maximum absolute atomic E-state index is 2.12. The summed E-state index contributed by atoms with van der Waals surface area (Å²) in [6.45, 7) is 4.25. The zero-order valence-corrected chi connectivity index (χ0v) is 7.70. The molecule has 0 N–H and O–H groups in total. The van der Waals surface area contributed by atoms with Crippen molar-refractivity contribution in [1.29, 1.82) is 0 Å². The van der Waals surface area contributed by atoms with E-state index in [0.29, 0.717) is 0 Å². The minimum Gasteiger partial charge on any atom is -0.324 e. The molecule has 12 heavy (non-hydrogen) atoms. The molecule has 2 aromatic heterocycles. The van der Waals surface area contributed by atoms with Crippen molar-refractivity contribution in [2.45, 2.75) is 20.3 Å². The van der Waals surface area contributed by atoms with Crippen LogP contribution in [0.3, 0.4) is 0 Å². The molecule has 0 aliphatic carbocycles. The molecule has 0 saturated carbocycles.